The zero-order valence-corrected chi connectivity index (χ0v) is 11.6. The highest BCUT2D eigenvalue weighted by Gasteiger charge is 2.26. The molecule has 0 saturated carbocycles. The number of hydrogen-bond acceptors (Lipinski definition) is 2. The third-order valence-electron chi connectivity index (χ3n) is 3.77. The van der Waals surface area contributed by atoms with Crippen LogP contribution in [0.3, 0.4) is 0 Å². The van der Waals surface area contributed by atoms with Gasteiger partial charge in [-0.1, -0.05) is 54.6 Å². The first-order valence-corrected chi connectivity index (χ1v) is 7.05. The predicted octanol–water partition coefficient (Wildman–Crippen LogP) is 3.96. The van der Waals surface area contributed by atoms with E-state index in [2.05, 4.69) is 19.1 Å². The highest BCUT2D eigenvalue weighted by atomic mass is 16.5. The second-order valence-corrected chi connectivity index (χ2v) is 5.33. The van der Waals surface area contributed by atoms with Crippen LogP contribution in [0.15, 0.2) is 54.6 Å². The smallest absolute Gasteiger partial charge is 0.165 e. The molecule has 0 bridgehead atoms. The van der Waals surface area contributed by atoms with Crippen LogP contribution < -0.4 is 0 Å². The lowest BCUT2D eigenvalue weighted by molar-refractivity contribution is -0.0165. The molecule has 2 atom stereocenters. The number of carbonyl (C=O) groups excluding carboxylic acids is 1. The summed E-state index contributed by atoms with van der Waals surface area (Å²) in [6.45, 7) is 2.07. The normalized spacial score (nSPS) is 21.2. The van der Waals surface area contributed by atoms with Crippen LogP contribution >= 0.6 is 0 Å². The molecule has 2 heteroatoms. The fourth-order valence-electron chi connectivity index (χ4n) is 2.81. The molecule has 2 unspecified atom stereocenters. The molecule has 2 aromatic carbocycles. The average Bonchev–Trinajstić information content (AvgIpc) is 2.48. The third-order valence-corrected chi connectivity index (χ3v) is 3.77. The van der Waals surface area contributed by atoms with Crippen molar-refractivity contribution in [3.05, 3.63) is 71.3 Å². The molecule has 0 aliphatic carbocycles. The van der Waals surface area contributed by atoms with Crippen LogP contribution in [0.1, 0.15) is 40.9 Å². The highest BCUT2D eigenvalue weighted by Crippen LogP contribution is 2.33. The summed E-state index contributed by atoms with van der Waals surface area (Å²) < 4.78 is 5.98. The Balaban J connectivity index is 1.83. The molecule has 2 aromatic rings. The molecule has 0 aromatic heterocycles. The van der Waals surface area contributed by atoms with E-state index >= 15 is 0 Å². The Morgan fingerprint density at radius 2 is 1.80 bits per heavy atom. The Bertz CT molecular complexity index is 604. The van der Waals surface area contributed by atoms with Gasteiger partial charge in [0.05, 0.1) is 12.2 Å². The zero-order valence-electron chi connectivity index (χ0n) is 11.6. The number of rotatable bonds is 3. The molecule has 0 fully saturated rings. The fraction of sp³-hybridized carbons (Fsp3) is 0.278. The Morgan fingerprint density at radius 1 is 1.10 bits per heavy atom. The molecule has 1 heterocycles. The van der Waals surface area contributed by atoms with Gasteiger partial charge in [-0.15, -0.1) is 0 Å². The number of benzene rings is 2. The minimum Gasteiger partial charge on any atom is -0.370 e. The van der Waals surface area contributed by atoms with Crippen LogP contribution in [0, 0.1) is 0 Å². The van der Waals surface area contributed by atoms with Crippen molar-refractivity contribution in [3.63, 3.8) is 0 Å². The Morgan fingerprint density at radius 3 is 2.60 bits per heavy atom. The number of carbonyl (C=O) groups is 1. The van der Waals surface area contributed by atoms with E-state index < -0.39 is 0 Å². The third kappa shape index (κ3) is 2.66. The molecule has 2 nitrogen and oxygen atoms in total. The molecule has 0 spiro atoms. The molecule has 3 rings (SSSR count). The summed E-state index contributed by atoms with van der Waals surface area (Å²) in [7, 11) is 0. The van der Waals surface area contributed by atoms with Gasteiger partial charge in [-0.25, -0.2) is 0 Å². The number of ether oxygens (including phenoxy) is 1. The van der Waals surface area contributed by atoms with Crippen LogP contribution in [-0.4, -0.2) is 11.9 Å². The maximum absolute atomic E-state index is 12.3. The van der Waals surface area contributed by atoms with Crippen LogP contribution in [0.25, 0.3) is 0 Å². The summed E-state index contributed by atoms with van der Waals surface area (Å²) in [5.41, 5.74) is 3.22. The number of Topliss-reactive ketones (excluding diaryl/α,β-unsaturated/α-hetero) is 1. The van der Waals surface area contributed by atoms with E-state index in [0.29, 0.717) is 6.42 Å². The van der Waals surface area contributed by atoms with Crippen LogP contribution in [0.2, 0.25) is 0 Å². The lowest BCUT2D eigenvalue weighted by Gasteiger charge is -2.30. The van der Waals surface area contributed by atoms with Gasteiger partial charge in [-0.2, -0.15) is 0 Å². The van der Waals surface area contributed by atoms with Gasteiger partial charge >= 0.3 is 0 Å². The van der Waals surface area contributed by atoms with E-state index in [9.17, 15) is 4.79 Å². The molecular weight excluding hydrogens is 248 g/mol. The first kappa shape index (κ1) is 13.1. The molecule has 1 aliphatic heterocycles. The fourth-order valence-corrected chi connectivity index (χ4v) is 2.81. The van der Waals surface area contributed by atoms with E-state index in [1.165, 1.54) is 5.56 Å². The van der Waals surface area contributed by atoms with E-state index in [0.717, 1.165) is 17.5 Å². The molecular formula is C18H18O2. The number of ketones is 1. The van der Waals surface area contributed by atoms with E-state index in [1.54, 1.807) is 0 Å². The van der Waals surface area contributed by atoms with Crippen molar-refractivity contribution in [3.8, 4) is 0 Å². The lowest BCUT2D eigenvalue weighted by Crippen LogP contribution is -2.25. The predicted molar refractivity (Wildman–Crippen MR) is 78.8 cm³/mol. The second-order valence-electron chi connectivity index (χ2n) is 5.33. The van der Waals surface area contributed by atoms with Crippen molar-refractivity contribution >= 4 is 5.78 Å². The summed E-state index contributed by atoms with van der Waals surface area (Å²) in [5, 5.41) is 0. The molecule has 102 valence electrons. The van der Waals surface area contributed by atoms with Crippen molar-refractivity contribution in [1.82, 2.24) is 0 Å². The van der Waals surface area contributed by atoms with Gasteiger partial charge in [-0.05, 0) is 24.5 Å². The number of hydrogen-bond donors (Lipinski definition) is 0. The molecule has 20 heavy (non-hydrogen) atoms. The number of fused-ring (bicyclic) bond motifs is 1. The van der Waals surface area contributed by atoms with Gasteiger partial charge < -0.3 is 4.74 Å². The first-order chi connectivity index (χ1) is 9.74. The van der Waals surface area contributed by atoms with Crippen molar-refractivity contribution < 1.29 is 9.53 Å². The maximum Gasteiger partial charge on any atom is 0.165 e. The maximum atomic E-state index is 12.3. The van der Waals surface area contributed by atoms with Crippen molar-refractivity contribution in [2.45, 2.75) is 32.0 Å². The molecule has 0 N–H and O–H groups in total. The summed E-state index contributed by atoms with van der Waals surface area (Å²) in [6, 6.07) is 17.7. The molecule has 0 saturated heterocycles. The monoisotopic (exact) mass is 266 g/mol. The van der Waals surface area contributed by atoms with Crippen molar-refractivity contribution in [1.29, 1.82) is 0 Å². The second kappa shape index (κ2) is 5.59. The lowest BCUT2D eigenvalue weighted by atomic mass is 9.91. The van der Waals surface area contributed by atoms with Crippen molar-refractivity contribution in [2.75, 3.05) is 0 Å². The van der Waals surface area contributed by atoms with Gasteiger partial charge in [0.15, 0.2) is 5.78 Å². The van der Waals surface area contributed by atoms with Gasteiger partial charge in [0.2, 0.25) is 0 Å². The van der Waals surface area contributed by atoms with E-state index in [1.807, 2.05) is 42.5 Å². The van der Waals surface area contributed by atoms with Crippen LogP contribution in [0.4, 0.5) is 0 Å². The minimum absolute atomic E-state index is 0.123. The van der Waals surface area contributed by atoms with Gasteiger partial charge in [0.1, 0.15) is 0 Å². The van der Waals surface area contributed by atoms with Gasteiger partial charge in [0.25, 0.3) is 0 Å². The van der Waals surface area contributed by atoms with Gasteiger partial charge in [0, 0.05) is 12.0 Å². The largest absolute Gasteiger partial charge is 0.370 e. The molecule has 0 amide bonds. The van der Waals surface area contributed by atoms with E-state index in [4.69, 9.17) is 4.74 Å². The average molecular weight is 266 g/mol. The standard InChI is InChI=1S/C18H18O2/c1-13-11-15-9-5-6-10-16(15)18(20-13)12-17(19)14-7-3-2-4-8-14/h2-10,13,18H,11-12H2,1H3. The first-order valence-electron chi connectivity index (χ1n) is 7.05. The Kier molecular flexibility index (Phi) is 3.66. The van der Waals surface area contributed by atoms with Gasteiger partial charge in [-0.3, -0.25) is 4.79 Å². The molecule has 0 radical (unpaired) electrons. The van der Waals surface area contributed by atoms with Crippen LogP contribution in [-0.2, 0) is 11.2 Å². The Labute approximate surface area is 119 Å². The Hall–Kier alpha value is -1.93. The zero-order chi connectivity index (χ0) is 13.9. The van der Waals surface area contributed by atoms with Crippen molar-refractivity contribution in [2.24, 2.45) is 0 Å². The SMILES string of the molecule is CC1Cc2ccccc2C(CC(=O)c2ccccc2)O1. The summed E-state index contributed by atoms with van der Waals surface area (Å²) in [4.78, 5) is 12.3. The highest BCUT2D eigenvalue weighted by molar-refractivity contribution is 5.96. The quantitative estimate of drug-likeness (QED) is 0.786. The topological polar surface area (TPSA) is 26.3 Å². The minimum atomic E-state index is -0.123. The summed E-state index contributed by atoms with van der Waals surface area (Å²) in [5.74, 6) is 0.138. The van der Waals surface area contributed by atoms with E-state index in [-0.39, 0.29) is 18.0 Å². The summed E-state index contributed by atoms with van der Waals surface area (Å²) >= 11 is 0. The van der Waals surface area contributed by atoms with Crippen LogP contribution in [0.5, 0.6) is 0 Å². The molecule has 1 aliphatic rings. The summed E-state index contributed by atoms with van der Waals surface area (Å²) in [6.07, 6.45) is 1.37.